The summed E-state index contributed by atoms with van der Waals surface area (Å²) in [6.45, 7) is 10.3. The zero-order chi connectivity index (χ0) is 18.7. The van der Waals surface area contributed by atoms with Gasteiger partial charge in [0.2, 0.25) is 0 Å². The Bertz CT molecular complexity index is 889. The number of fused-ring (bicyclic) bond motifs is 1. The van der Waals surface area contributed by atoms with Crippen LogP contribution in [0, 0.1) is 0 Å². The van der Waals surface area contributed by atoms with Crippen molar-refractivity contribution in [2.24, 2.45) is 0 Å². The molecule has 3 aromatic rings. The molecule has 137 valence electrons. The molecule has 0 spiro atoms. The number of ether oxygens (including phenoxy) is 1. The summed E-state index contributed by atoms with van der Waals surface area (Å²) in [5, 5.41) is 5.36. The first kappa shape index (κ1) is 19.2. The van der Waals surface area contributed by atoms with Crippen LogP contribution in [0.1, 0.15) is 0 Å². The Hall–Kier alpha value is -1.58. The molecule has 0 unspecified atom stereocenters. The minimum atomic E-state index is -1.06. The van der Waals surface area contributed by atoms with Crippen molar-refractivity contribution in [2.75, 3.05) is 12.9 Å². The van der Waals surface area contributed by atoms with Crippen LogP contribution in [0.4, 0.5) is 0 Å². The van der Waals surface area contributed by atoms with E-state index in [1.54, 1.807) is 11.8 Å². The van der Waals surface area contributed by atoms with Gasteiger partial charge < -0.3 is 4.74 Å². The Labute approximate surface area is 160 Å². The van der Waals surface area contributed by atoms with E-state index in [-0.39, 0.29) is 0 Å². The van der Waals surface area contributed by atoms with Gasteiger partial charge >= 0.3 is 0 Å². The van der Waals surface area contributed by atoms with Gasteiger partial charge in [0.15, 0.2) is 12.9 Å². The van der Waals surface area contributed by atoms with E-state index in [1.165, 1.54) is 0 Å². The second-order valence-electron chi connectivity index (χ2n) is 7.42. The monoisotopic (exact) mass is 386 g/mol. The molecule has 3 rings (SSSR count). The third-order valence-electron chi connectivity index (χ3n) is 4.12. The predicted octanol–water partition coefficient (Wildman–Crippen LogP) is 3.00. The SMILES string of the molecule is C[B]c1cn2c(-c3cnn(COCC[Si](C)(C)C)c3)cnc2c(SC)n1. The van der Waals surface area contributed by atoms with Crippen molar-refractivity contribution in [1.29, 1.82) is 0 Å². The van der Waals surface area contributed by atoms with Crippen LogP contribution in [0.3, 0.4) is 0 Å². The highest BCUT2D eigenvalue weighted by Gasteiger charge is 2.14. The molecule has 0 saturated heterocycles. The van der Waals surface area contributed by atoms with Crippen molar-refractivity contribution in [1.82, 2.24) is 24.1 Å². The Morgan fingerprint density at radius 1 is 1.23 bits per heavy atom. The third-order valence-corrected chi connectivity index (χ3v) is 6.48. The Morgan fingerprint density at radius 2 is 2.04 bits per heavy atom. The van der Waals surface area contributed by atoms with Crippen LogP contribution < -0.4 is 5.59 Å². The largest absolute Gasteiger partial charge is 0.360 e. The fraction of sp³-hybridized carbons (Fsp3) is 0.471. The Kier molecular flexibility index (Phi) is 5.89. The molecule has 0 aliphatic carbocycles. The van der Waals surface area contributed by atoms with Crippen molar-refractivity contribution in [3.63, 3.8) is 0 Å². The molecule has 3 aromatic heterocycles. The maximum Gasteiger partial charge on any atom is 0.176 e. The summed E-state index contributed by atoms with van der Waals surface area (Å²) < 4.78 is 9.70. The van der Waals surface area contributed by atoms with Crippen LogP contribution in [-0.4, -0.2) is 52.4 Å². The molecular weight excluding hydrogens is 361 g/mol. The number of imidazole rings is 1. The molecule has 0 bridgehead atoms. The van der Waals surface area contributed by atoms with Crippen molar-refractivity contribution >= 4 is 38.4 Å². The summed E-state index contributed by atoms with van der Waals surface area (Å²) in [6, 6.07) is 1.16. The maximum atomic E-state index is 5.78. The minimum absolute atomic E-state index is 0.479. The number of thioether (sulfide) groups is 1. The quantitative estimate of drug-likeness (QED) is 0.338. The van der Waals surface area contributed by atoms with Crippen molar-refractivity contribution in [2.45, 2.75) is 44.3 Å². The lowest BCUT2D eigenvalue weighted by Crippen LogP contribution is -2.22. The molecule has 0 saturated carbocycles. The van der Waals surface area contributed by atoms with Crippen molar-refractivity contribution < 1.29 is 4.74 Å². The lowest BCUT2D eigenvalue weighted by atomic mass is 9.78. The molecule has 0 aromatic carbocycles. The standard InChI is InChI=1S/C17H25BN5OSSi/c1-18-15-11-23-14(9-19-16(23)17(21-15)25-2)13-8-20-22(10-13)12-24-6-7-26(3,4)5/h8-11H,6-7,12H2,1-5H3. The van der Waals surface area contributed by atoms with Gasteiger partial charge in [-0.15, -0.1) is 11.8 Å². The molecule has 0 amide bonds. The zero-order valence-corrected chi connectivity index (χ0v) is 17.9. The van der Waals surface area contributed by atoms with Gasteiger partial charge in [0.05, 0.1) is 18.1 Å². The summed E-state index contributed by atoms with van der Waals surface area (Å²) in [6.07, 6.45) is 9.78. The van der Waals surface area contributed by atoms with Gasteiger partial charge in [-0.25, -0.2) is 9.67 Å². The smallest absolute Gasteiger partial charge is 0.176 e. The maximum absolute atomic E-state index is 5.78. The van der Waals surface area contributed by atoms with Gasteiger partial charge in [0.25, 0.3) is 0 Å². The van der Waals surface area contributed by atoms with E-state index in [2.05, 4.69) is 39.1 Å². The second kappa shape index (κ2) is 7.98. The van der Waals surface area contributed by atoms with Crippen LogP contribution >= 0.6 is 11.8 Å². The van der Waals surface area contributed by atoms with Crippen LogP contribution in [0.2, 0.25) is 32.5 Å². The van der Waals surface area contributed by atoms with E-state index in [9.17, 15) is 0 Å². The molecule has 0 aliphatic heterocycles. The zero-order valence-electron chi connectivity index (χ0n) is 16.1. The van der Waals surface area contributed by atoms with E-state index >= 15 is 0 Å². The normalized spacial score (nSPS) is 12.0. The van der Waals surface area contributed by atoms with E-state index in [4.69, 9.17) is 4.74 Å². The number of aromatic nitrogens is 5. The summed E-state index contributed by atoms with van der Waals surface area (Å²) in [4.78, 5) is 9.16. The first-order valence-corrected chi connectivity index (χ1v) is 13.7. The van der Waals surface area contributed by atoms with Crippen molar-refractivity contribution in [3.05, 3.63) is 24.8 Å². The topological polar surface area (TPSA) is 57.2 Å². The van der Waals surface area contributed by atoms with Gasteiger partial charge in [0.1, 0.15) is 11.8 Å². The molecular formula is C17H25BN5OSSi. The van der Waals surface area contributed by atoms with Gasteiger partial charge in [-0.1, -0.05) is 26.5 Å². The molecule has 1 radical (unpaired) electrons. The number of hydrogen-bond donors (Lipinski definition) is 0. The van der Waals surface area contributed by atoms with Gasteiger partial charge in [0, 0.05) is 38.2 Å². The molecule has 0 fully saturated rings. The van der Waals surface area contributed by atoms with Crippen LogP contribution in [0.25, 0.3) is 16.9 Å². The summed E-state index contributed by atoms with van der Waals surface area (Å²) in [7, 11) is 0.939. The Morgan fingerprint density at radius 3 is 2.73 bits per heavy atom. The second-order valence-corrected chi connectivity index (χ2v) is 13.8. The van der Waals surface area contributed by atoms with Crippen LogP contribution in [-0.2, 0) is 11.5 Å². The number of rotatable bonds is 8. The van der Waals surface area contributed by atoms with Gasteiger partial charge in [-0.05, 0) is 12.3 Å². The Balaban J connectivity index is 1.79. The minimum Gasteiger partial charge on any atom is -0.360 e. The van der Waals surface area contributed by atoms with Gasteiger partial charge in [-0.3, -0.25) is 9.38 Å². The molecule has 3 heterocycles. The summed E-state index contributed by atoms with van der Waals surface area (Å²) in [5.41, 5.74) is 3.83. The lowest BCUT2D eigenvalue weighted by Gasteiger charge is -2.15. The summed E-state index contributed by atoms with van der Waals surface area (Å²) >= 11 is 1.61. The van der Waals surface area contributed by atoms with E-state index in [0.717, 1.165) is 40.2 Å². The average Bonchev–Trinajstić information content (AvgIpc) is 3.23. The van der Waals surface area contributed by atoms with E-state index in [1.807, 2.05) is 49.8 Å². The van der Waals surface area contributed by atoms with Crippen molar-refractivity contribution in [3.8, 4) is 11.3 Å². The molecule has 26 heavy (non-hydrogen) atoms. The fourth-order valence-corrected chi connectivity index (χ4v) is 3.86. The molecule has 9 heteroatoms. The number of nitrogens with zero attached hydrogens (tertiary/aromatic N) is 5. The first-order valence-electron chi connectivity index (χ1n) is 8.73. The fourth-order valence-electron chi connectivity index (χ4n) is 2.57. The van der Waals surface area contributed by atoms with E-state index in [0.29, 0.717) is 6.73 Å². The first-order chi connectivity index (χ1) is 12.4. The van der Waals surface area contributed by atoms with Gasteiger partial charge in [-0.2, -0.15) is 5.10 Å². The highest BCUT2D eigenvalue weighted by atomic mass is 32.2. The lowest BCUT2D eigenvalue weighted by molar-refractivity contribution is 0.0786. The number of hydrogen-bond acceptors (Lipinski definition) is 5. The third kappa shape index (κ3) is 4.39. The average molecular weight is 386 g/mol. The van der Waals surface area contributed by atoms with Crippen LogP contribution in [0.5, 0.6) is 0 Å². The molecule has 0 aliphatic rings. The molecule has 0 atom stereocenters. The predicted molar refractivity (Wildman–Crippen MR) is 111 cm³/mol. The molecule has 0 N–H and O–H groups in total. The molecule has 6 nitrogen and oxygen atoms in total. The highest BCUT2D eigenvalue weighted by Crippen LogP contribution is 2.24. The van der Waals surface area contributed by atoms with Crippen LogP contribution in [0.15, 0.2) is 29.8 Å². The summed E-state index contributed by atoms with van der Waals surface area (Å²) in [5.74, 6) is 0. The highest BCUT2D eigenvalue weighted by molar-refractivity contribution is 7.98. The van der Waals surface area contributed by atoms with E-state index < -0.39 is 8.07 Å².